The molecule has 1 fully saturated rings. The van der Waals surface area contributed by atoms with Gasteiger partial charge in [-0.15, -0.1) is 0 Å². The Morgan fingerprint density at radius 3 is 2.50 bits per heavy atom. The van der Waals surface area contributed by atoms with Crippen molar-refractivity contribution in [2.45, 2.75) is 19.6 Å². The predicted molar refractivity (Wildman–Crippen MR) is 68.0 cm³/mol. The van der Waals surface area contributed by atoms with Gasteiger partial charge < -0.3 is 9.47 Å². The summed E-state index contributed by atoms with van der Waals surface area (Å²) in [6.07, 6.45) is 5.75. The zero-order chi connectivity index (χ0) is 14.8. The molecule has 6 nitrogen and oxygen atoms in total. The molecule has 0 aliphatic carbocycles. The fourth-order valence-electron chi connectivity index (χ4n) is 1.70. The largest absolute Gasteiger partial charge is 0.422 e. The first kappa shape index (κ1) is 13.9. The third-order valence-electron chi connectivity index (χ3n) is 2.57. The van der Waals surface area contributed by atoms with Crippen molar-refractivity contribution in [3.05, 3.63) is 36.2 Å². The van der Waals surface area contributed by atoms with Crippen molar-refractivity contribution in [1.82, 2.24) is 4.98 Å². The topological polar surface area (TPSA) is 82.6 Å². The lowest BCUT2D eigenvalue weighted by Crippen LogP contribution is -2.48. The molecule has 6 heteroatoms. The SMILES string of the molecule is CC1(C)OC(=O)C(C(=O)/C=C/c2cccnc2)C(=O)O1. The van der Waals surface area contributed by atoms with Crippen molar-refractivity contribution in [3.63, 3.8) is 0 Å². The monoisotopic (exact) mass is 275 g/mol. The Balaban J connectivity index is 2.12. The molecule has 1 aliphatic rings. The fourth-order valence-corrected chi connectivity index (χ4v) is 1.70. The quantitative estimate of drug-likeness (QED) is 0.467. The Bertz CT molecular complexity index is 556. The molecule has 1 saturated heterocycles. The minimum Gasteiger partial charge on any atom is -0.422 e. The van der Waals surface area contributed by atoms with E-state index in [1.165, 1.54) is 19.9 Å². The molecule has 1 aliphatic heterocycles. The van der Waals surface area contributed by atoms with Gasteiger partial charge in [-0.25, -0.2) is 0 Å². The number of carbonyl (C=O) groups is 3. The van der Waals surface area contributed by atoms with Crippen molar-refractivity contribution in [3.8, 4) is 0 Å². The van der Waals surface area contributed by atoms with E-state index in [0.29, 0.717) is 5.56 Å². The van der Waals surface area contributed by atoms with Gasteiger partial charge >= 0.3 is 11.9 Å². The van der Waals surface area contributed by atoms with Crippen LogP contribution in [0.5, 0.6) is 0 Å². The van der Waals surface area contributed by atoms with Crippen LogP contribution in [0.2, 0.25) is 0 Å². The summed E-state index contributed by atoms with van der Waals surface area (Å²) in [7, 11) is 0. The first-order chi connectivity index (χ1) is 9.39. The van der Waals surface area contributed by atoms with Gasteiger partial charge in [-0.1, -0.05) is 6.07 Å². The summed E-state index contributed by atoms with van der Waals surface area (Å²) in [6.45, 7) is 2.85. The second-order valence-corrected chi connectivity index (χ2v) is 4.70. The third-order valence-corrected chi connectivity index (χ3v) is 2.57. The number of ether oxygens (including phenoxy) is 2. The molecule has 20 heavy (non-hydrogen) atoms. The highest BCUT2D eigenvalue weighted by Crippen LogP contribution is 2.24. The maximum atomic E-state index is 11.9. The van der Waals surface area contributed by atoms with E-state index in [-0.39, 0.29) is 0 Å². The Hall–Kier alpha value is -2.50. The molecule has 0 amide bonds. The highest BCUT2D eigenvalue weighted by molar-refractivity contribution is 6.20. The van der Waals surface area contributed by atoms with E-state index in [0.717, 1.165) is 6.08 Å². The number of carbonyl (C=O) groups excluding carboxylic acids is 3. The molecule has 104 valence electrons. The Labute approximate surface area is 115 Å². The molecule has 0 aromatic carbocycles. The molecule has 0 radical (unpaired) electrons. The lowest BCUT2D eigenvalue weighted by atomic mass is 10.0. The highest BCUT2D eigenvalue weighted by Gasteiger charge is 2.46. The lowest BCUT2D eigenvalue weighted by molar-refractivity contribution is -0.238. The van der Waals surface area contributed by atoms with Gasteiger partial charge in [0.2, 0.25) is 5.92 Å². The van der Waals surface area contributed by atoms with Crippen LogP contribution in [0.25, 0.3) is 6.08 Å². The third kappa shape index (κ3) is 3.09. The minimum absolute atomic E-state index is 0.679. The van der Waals surface area contributed by atoms with Crippen LogP contribution >= 0.6 is 0 Å². The number of aromatic nitrogens is 1. The maximum absolute atomic E-state index is 11.9. The molecule has 1 aromatic rings. The average Bonchev–Trinajstić information content (AvgIpc) is 2.35. The normalized spacial score (nSPS) is 18.7. The van der Waals surface area contributed by atoms with Crippen LogP contribution in [0, 0.1) is 5.92 Å². The second-order valence-electron chi connectivity index (χ2n) is 4.70. The van der Waals surface area contributed by atoms with Crippen molar-refractivity contribution < 1.29 is 23.9 Å². The maximum Gasteiger partial charge on any atom is 0.331 e. The number of cyclic esters (lactones) is 2. The van der Waals surface area contributed by atoms with Crippen LogP contribution in [0.3, 0.4) is 0 Å². The summed E-state index contributed by atoms with van der Waals surface area (Å²) in [5.41, 5.74) is 0.679. The zero-order valence-corrected chi connectivity index (χ0v) is 11.0. The lowest BCUT2D eigenvalue weighted by Gasteiger charge is -2.31. The van der Waals surface area contributed by atoms with Crippen molar-refractivity contribution in [1.29, 1.82) is 0 Å². The first-order valence-electron chi connectivity index (χ1n) is 5.97. The zero-order valence-electron chi connectivity index (χ0n) is 11.0. The Kier molecular flexibility index (Phi) is 3.65. The van der Waals surface area contributed by atoms with E-state index in [1.54, 1.807) is 24.5 Å². The van der Waals surface area contributed by atoms with Gasteiger partial charge in [-0.2, -0.15) is 0 Å². The highest BCUT2D eigenvalue weighted by atomic mass is 16.7. The number of nitrogens with zero attached hydrogens (tertiary/aromatic N) is 1. The van der Waals surface area contributed by atoms with Gasteiger partial charge in [0.15, 0.2) is 5.78 Å². The van der Waals surface area contributed by atoms with Gasteiger partial charge in [-0.3, -0.25) is 19.4 Å². The van der Waals surface area contributed by atoms with Crippen molar-refractivity contribution in [2.24, 2.45) is 5.92 Å². The first-order valence-corrected chi connectivity index (χ1v) is 5.97. The molecule has 0 saturated carbocycles. The van der Waals surface area contributed by atoms with Crippen molar-refractivity contribution >= 4 is 23.8 Å². The number of pyridine rings is 1. The smallest absolute Gasteiger partial charge is 0.331 e. The van der Waals surface area contributed by atoms with E-state index < -0.39 is 29.4 Å². The molecule has 0 spiro atoms. The van der Waals surface area contributed by atoms with Crippen LogP contribution < -0.4 is 0 Å². The minimum atomic E-state index is -1.56. The number of hydrogen-bond donors (Lipinski definition) is 0. The summed E-state index contributed by atoms with van der Waals surface area (Å²) >= 11 is 0. The predicted octanol–water partition coefficient (Wildman–Crippen LogP) is 1.12. The Morgan fingerprint density at radius 2 is 1.95 bits per heavy atom. The van der Waals surface area contributed by atoms with Crippen LogP contribution in [-0.2, 0) is 23.9 Å². The average molecular weight is 275 g/mol. The van der Waals surface area contributed by atoms with E-state index in [9.17, 15) is 14.4 Å². The standard InChI is InChI=1S/C14H13NO5/c1-14(2)19-12(17)11(13(18)20-14)10(16)6-5-9-4-3-7-15-8-9/h3-8,11H,1-2H3/b6-5+. The van der Waals surface area contributed by atoms with Gasteiger partial charge in [0.05, 0.1) is 0 Å². The molecular formula is C14H13NO5. The van der Waals surface area contributed by atoms with E-state index in [4.69, 9.17) is 9.47 Å². The van der Waals surface area contributed by atoms with Crippen LogP contribution in [0.1, 0.15) is 19.4 Å². The molecule has 0 bridgehead atoms. The molecular weight excluding hydrogens is 262 g/mol. The molecule has 0 N–H and O–H groups in total. The number of allylic oxidation sites excluding steroid dienone is 1. The Morgan fingerprint density at radius 1 is 1.30 bits per heavy atom. The van der Waals surface area contributed by atoms with E-state index in [2.05, 4.69) is 4.98 Å². The summed E-state index contributed by atoms with van der Waals surface area (Å²) in [4.78, 5) is 39.1. The van der Waals surface area contributed by atoms with Gasteiger partial charge in [0.25, 0.3) is 5.79 Å². The van der Waals surface area contributed by atoms with E-state index in [1.807, 2.05) is 0 Å². The molecule has 1 aromatic heterocycles. The molecule has 2 heterocycles. The number of rotatable bonds is 3. The number of esters is 2. The molecule has 2 rings (SSSR count). The van der Waals surface area contributed by atoms with Crippen molar-refractivity contribution in [2.75, 3.05) is 0 Å². The van der Waals surface area contributed by atoms with Gasteiger partial charge in [-0.05, 0) is 23.8 Å². The van der Waals surface area contributed by atoms with Gasteiger partial charge in [0.1, 0.15) is 0 Å². The van der Waals surface area contributed by atoms with Gasteiger partial charge in [0, 0.05) is 26.2 Å². The fraction of sp³-hybridized carbons (Fsp3) is 0.286. The van der Waals surface area contributed by atoms with E-state index >= 15 is 0 Å². The summed E-state index contributed by atoms with van der Waals surface area (Å²) in [6, 6.07) is 3.44. The molecule has 0 unspecified atom stereocenters. The number of ketones is 1. The summed E-state index contributed by atoms with van der Waals surface area (Å²) in [5, 5.41) is 0. The van der Waals surface area contributed by atoms with Crippen LogP contribution in [0.15, 0.2) is 30.6 Å². The van der Waals surface area contributed by atoms with Crippen LogP contribution in [0.4, 0.5) is 0 Å². The summed E-state index contributed by atoms with van der Waals surface area (Å²) in [5.74, 6) is -5.37. The second kappa shape index (κ2) is 5.24. The summed E-state index contributed by atoms with van der Waals surface area (Å²) < 4.78 is 9.76. The molecule has 0 atom stereocenters. The van der Waals surface area contributed by atoms with Crippen LogP contribution in [-0.4, -0.2) is 28.5 Å². The number of hydrogen-bond acceptors (Lipinski definition) is 6.